The van der Waals surface area contributed by atoms with E-state index in [-0.39, 0.29) is 17.9 Å². The van der Waals surface area contributed by atoms with E-state index in [0.717, 1.165) is 19.4 Å². The Kier molecular flexibility index (Phi) is 5.22. The maximum absolute atomic E-state index is 12.3. The maximum Gasteiger partial charge on any atom is 0.255 e. The van der Waals surface area contributed by atoms with E-state index in [4.69, 9.17) is 4.42 Å². The average molecular weight is 340 g/mol. The van der Waals surface area contributed by atoms with Crippen LogP contribution < -0.4 is 5.32 Å². The summed E-state index contributed by atoms with van der Waals surface area (Å²) in [5.74, 6) is 1.27. The number of benzene rings is 1. The number of hydrogen-bond acceptors (Lipinski definition) is 3. The van der Waals surface area contributed by atoms with Crippen molar-refractivity contribution < 1.29 is 14.0 Å². The molecular weight excluding hydrogens is 316 g/mol. The van der Waals surface area contributed by atoms with Gasteiger partial charge in [-0.3, -0.25) is 9.59 Å². The predicted octanol–water partition coefficient (Wildman–Crippen LogP) is 2.86. The van der Waals surface area contributed by atoms with Gasteiger partial charge in [-0.25, -0.2) is 0 Å². The molecule has 5 nitrogen and oxygen atoms in total. The number of hydrogen-bond donors (Lipinski definition) is 1. The van der Waals surface area contributed by atoms with Crippen LogP contribution in [-0.2, 0) is 11.2 Å². The Morgan fingerprint density at radius 1 is 1.28 bits per heavy atom. The zero-order valence-electron chi connectivity index (χ0n) is 14.7. The maximum atomic E-state index is 12.3. The summed E-state index contributed by atoms with van der Waals surface area (Å²) in [5.41, 5.74) is 1.83. The molecule has 1 aromatic heterocycles. The molecule has 1 N–H and O–H groups in total. The highest BCUT2D eigenvalue weighted by atomic mass is 16.3. The fourth-order valence-electron chi connectivity index (χ4n) is 3.32. The molecule has 1 atom stereocenters. The number of aryl methyl sites for hydroxylation is 3. The van der Waals surface area contributed by atoms with Gasteiger partial charge in [0.15, 0.2) is 0 Å². The molecule has 2 amide bonds. The smallest absolute Gasteiger partial charge is 0.255 e. The molecule has 1 fully saturated rings. The molecule has 1 aliphatic rings. The van der Waals surface area contributed by atoms with Gasteiger partial charge in [0.1, 0.15) is 11.5 Å². The second-order valence-corrected chi connectivity index (χ2v) is 6.63. The zero-order chi connectivity index (χ0) is 17.8. The minimum Gasteiger partial charge on any atom is -0.466 e. The number of likely N-dealkylation sites (tertiary alicyclic amines) is 1. The number of amides is 2. The summed E-state index contributed by atoms with van der Waals surface area (Å²) < 4.78 is 5.40. The first-order valence-corrected chi connectivity index (χ1v) is 8.72. The molecule has 25 heavy (non-hydrogen) atoms. The fourth-order valence-corrected chi connectivity index (χ4v) is 3.32. The normalized spacial score (nSPS) is 17.1. The van der Waals surface area contributed by atoms with E-state index in [1.165, 1.54) is 5.56 Å². The lowest BCUT2D eigenvalue weighted by atomic mass is 10.1. The lowest BCUT2D eigenvalue weighted by molar-refractivity contribution is -0.127. The molecule has 1 unspecified atom stereocenters. The van der Waals surface area contributed by atoms with Gasteiger partial charge in [0, 0.05) is 19.5 Å². The summed E-state index contributed by atoms with van der Waals surface area (Å²) >= 11 is 0. The SMILES string of the molecule is Cc1cc(C(=O)NC2CC(=O)N(CCCc3ccccc3)C2)c(C)o1. The van der Waals surface area contributed by atoms with Gasteiger partial charge in [-0.05, 0) is 38.3 Å². The first-order valence-electron chi connectivity index (χ1n) is 8.72. The third-order valence-corrected chi connectivity index (χ3v) is 4.57. The number of furan rings is 1. The number of nitrogens with zero attached hydrogens (tertiary/aromatic N) is 1. The third-order valence-electron chi connectivity index (χ3n) is 4.57. The Balaban J connectivity index is 1.48. The summed E-state index contributed by atoms with van der Waals surface area (Å²) in [6, 6.07) is 11.9. The molecule has 3 rings (SSSR count). The van der Waals surface area contributed by atoms with Crippen LogP contribution in [0.25, 0.3) is 0 Å². The van der Waals surface area contributed by atoms with Gasteiger partial charge < -0.3 is 14.6 Å². The van der Waals surface area contributed by atoms with Crippen LogP contribution in [0.5, 0.6) is 0 Å². The molecule has 5 heteroatoms. The van der Waals surface area contributed by atoms with E-state index >= 15 is 0 Å². The first kappa shape index (κ1) is 17.3. The van der Waals surface area contributed by atoms with E-state index in [2.05, 4.69) is 17.4 Å². The fraction of sp³-hybridized carbons (Fsp3) is 0.400. The van der Waals surface area contributed by atoms with Crippen LogP contribution in [0.4, 0.5) is 0 Å². The summed E-state index contributed by atoms with van der Waals surface area (Å²) in [6.07, 6.45) is 2.25. The van der Waals surface area contributed by atoms with E-state index in [1.807, 2.05) is 30.0 Å². The number of nitrogens with one attached hydrogen (secondary N) is 1. The van der Waals surface area contributed by atoms with Crippen LogP contribution in [0.1, 0.15) is 40.3 Å². The van der Waals surface area contributed by atoms with Crippen molar-refractivity contribution in [1.82, 2.24) is 10.2 Å². The molecule has 0 radical (unpaired) electrons. The van der Waals surface area contributed by atoms with Gasteiger partial charge >= 0.3 is 0 Å². The van der Waals surface area contributed by atoms with Crippen LogP contribution >= 0.6 is 0 Å². The van der Waals surface area contributed by atoms with Crippen LogP contribution in [0.3, 0.4) is 0 Å². The van der Waals surface area contributed by atoms with E-state index in [0.29, 0.717) is 30.0 Å². The highest BCUT2D eigenvalue weighted by molar-refractivity contribution is 5.96. The largest absolute Gasteiger partial charge is 0.466 e. The van der Waals surface area contributed by atoms with Crippen molar-refractivity contribution in [2.24, 2.45) is 0 Å². The van der Waals surface area contributed by atoms with Gasteiger partial charge in [0.05, 0.1) is 11.6 Å². The summed E-state index contributed by atoms with van der Waals surface area (Å²) in [7, 11) is 0. The van der Waals surface area contributed by atoms with Gasteiger partial charge in [0.2, 0.25) is 5.91 Å². The minimum atomic E-state index is -0.168. The molecular formula is C20H24N2O3. The summed E-state index contributed by atoms with van der Waals surface area (Å²) in [6.45, 7) is 4.90. The van der Waals surface area contributed by atoms with Crippen LogP contribution in [-0.4, -0.2) is 35.8 Å². The van der Waals surface area contributed by atoms with Crippen molar-refractivity contribution in [3.8, 4) is 0 Å². The lowest BCUT2D eigenvalue weighted by Gasteiger charge is -2.17. The summed E-state index contributed by atoms with van der Waals surface area (Å²) in [5, 5.41) is 2.96. The van der Waals surface area contributed by atoms with Crippen LogP contribution in [0.15, 0.2) is 40.8 Å². The molecule has 0 saturated carbocycles. The Morgan fingerprint density at radius 3 is 2.72 bits per heavy atom. The van der Waals surface area contributed by atoms with E-state index in [1.54, 1.807) is 13.0 Å². The van der Waals surface area contributed by atoms with Gasteiger partial charge in [-0.1, -0.05) is 30.3 Å². The standard InChI is InChI=1S/C20H24N2O3/c1-14-11-18(15(2)25-14)20(24)21-17-12-19(23)22(13-17)10-6-9-16-7-4-3-5-8-16/h3-5,7-8,11,17H,6,9-10,12-13H2,1-2H3,(H,21,24). The van der Waals surface area contributed by atoms with Crippen LogP contribution in [0, 0.1) is 13.8 Å². The zero-order valence-corrected chi connectivity index (χ0v) is 14.7. The van der Waals surface area contributed by atoms with Gasteiger partial charge in [-0.15, -0.1) is 0 Å². The molecule has 0 aliphatic carbocycles. The second-order valence-electron chi connectivity index (χ2n) is 6.63. The molecule has 2 aromatic rings. The van der Waals surface area contributed by atoms with Gasteiger partial charge in [-0.2, -0.15) is 0 Å². The van der Waals surface area contributed by atoms with Crippen molar-refractivity contribution >= 4 is 11.8 Å². The molecule has 0 spiro atoms. The Labute approximate surface area is 148 Å². The molecule has 2 heterocycles. The summed E-state index contributed by atoms with van der Waals surface area (Å²) in [4.78, 5) is 26.4. The van der Waals surface area contributed by atoms with Crippen molar-refractivity contribution in [1.29, 1.82) is 0 Å². The number of rotatable bonds is 6. The molecule has 0 bridgehead atoms. The molecule has 132 valence electrons. The first-order chi connectivity index (χ1) is 12.0. The minimum absolute atomic E-state index is 0.110. The van der Waals surface area contributed by atoms with Crippen molar-refractivity contribution in [3.05, 3.63) is 59.0 Å². The average Bonchev–Trinajstić information content (AvgIpc) is 3.10. The Morgan fingerprint density at radius 2 is 2.04 bits per heavy atom. The number of carbonyl (C=O) groups excluding carboxylic acids is 2. The van der Waals surface area contributed by atoms with Crippen molar-refractivity contribution in [2.75, 3.05) is 13.1 Å². The Hall–Kier alpha value is -2.56. The van der Waals surface area contributed by atoms with E-state index in [9.17, 15) is 9.59 Å². The quantitative estimate of drug-likeness (QED) is 0.879. The van der Waals surface area contributed by atoms with Crippen molar-refractivity contribution in [2.45, 2.75) is 39.2 Å². The van der Waals surface area contributed by atoms with Gasteiger partial charge in [0.25, 0.3) is 5.91 Å². The van der Waals surface area contributed by atoms with E-state index < -0.39 is 0 Å². The second kappa shape index (κ2) is 7.55. The number of carbonyl (C=O) groups is 2. The molecule has 1 aromatic carbocycles. The molecule has 1 saturated heterocycles. The highest BCUT2D eigenvalue weighted by Crippen LogP contribution is 2.16. The monoisotopic (exact) mass is 340 g/mol. The Bertz CT molecular complexity index is 752. The lowest BCUT2D eigenvalue weighted by Crippen LogP contribution is -2.37. The predicted molar refractivity (Wildman–Crippen MR) is 95.4 cm³/mol. The van der Waals surface area contributed by atoms with Crippen molar-refractivity contribution in [3.63, 3.8) is 0 Å². The molecule has 1 aliphatic heterocycles. The third kappa shape index (κ3) is 4.29. The topological polar surface area (TPSA) is 62.6 Å². The van der Waals surface area contributed by atoms with Crippen LogP contribution in [0.2, 0.25) is 0 Å². The highest BCUT2D eigenvalue weighted by Gasteiger charge is 2.30.